The predicted molar refractivity (Wildman–Crippen MR) is 129 cm³/mol. The SMILES string of the molecule is CCOCCCN=C(NCCn1cnnc1CC)N(C)Cc1cccc(Cl)c1.I. The van der Waals surface area contributed by atoms with E-state index in [9.17, 15) is 0 Å². The molecule has 162 valence electrons. The van der Waals surface area contributed by atoms with Gasteiger partial charge < -0.3 is 19.5 Å². The third kappa shape index (κ3) is 9.31. The standard InChI is InChI=1S/C20H31ClN6O.HI/c1-4-19-25-24-16-27(19)12-11-23-20(22-10-7-13-28-5-2)26(3)15-17-8-6-9-18(21)14-17;/h6,8-9,14,16H,4-5,7,10-13,15H2,1-3H3,(H,22,23);1H. The summed E-state index contributed by atoms with van der Waals surface area (Å²) in [5.41, 5.74) is 1.14. The lowest BCUT2D eigenvalue weighted by atomic mass is 10.2. The zero-order chi connectivity index (χ0) is 20.2. The summed E-state index contributed by atoms with van der Waals surface area (Å²) in [5, 5.41) is 12.3. The van der Waals surface area contributed by atoms with E-state index in [0.29, 0.717) is 0 Å². The van der Waals surface area contributed by atoms with Gasteiger partial charge in [0.25, 0.3) is 0 Å². The molecular weight excluding hydrogens is 503 g/mol. The number of rotatable bonds is 11. The molecular formula is C20H32ClIN6O. The quantitative estimate of drug-likeness (QED) is 0.206. The number of ether oxygens (including phenoxy) is 1. The van der Waals surface area contributed by atoms with Crippen molar-refractivity contribution in [2.24, 2.45) is 4.99 Å². The molecule has 2 aromatic rings. The van der Waals surface area contributed by atoms with E-state index in [1.807, 2.05) is 32.2 Å². The molecule has 1 aromatic heterocycles. The van der Waals surface area contributed by atoms with Crippen LogP contribution in [-0.2, 0) is 24.2 Å². The zero-order valence-electron chi connectivity index (χ0n) is 17.5. The van der Waals surface area contributed by atoms with Crippen LogP contribution in [0.5, 0.6) is 0 Å². The van der Waals surface area contributed by atoms with Crippen LogP contribution in [0.25, 0.3) is 0 Å². The number of aryl methyl sites for hydroxylation is 1. The van der Waals surface area contributed by atoms with Crippen LogP contribution in [0.2, 0.25) is 5.02 Å². The average molecular weight is 535 g/mol. The second-order valence-corrected chi connectivity index (χ2v) is 6.90. The molecule has 0 aliphatic carbocycles. The first kappa shape index (κ1) is 25.6. The molecule has 0 aliphatic rings. The minimum Gasteiger partial charge on any atom is -0.382 e. The molecule has 1 N–H and O–H groups in total. The fraction of sp³-hybridized carbons (Fsp3) is 0.550. The summed E-state index contributed by atoms with van der Waals surface area (Å²) in [6.07, 6.45) is 3.54. The Balaban J connectivity index is 0.00000420. The smallest absolute Gasteiger partial charge is 0.194 e. The van der Waals surface area contributed by atoms with Gasteiger partial charge in [-0.05, 0) is 31.0 Å². The lowest BCUT2D eigenvalue weighted by Gasteiger charge is -2.23. The van der Waals surface area contributed by atoms with Gasteiger partial charge in [-0.25, -0.2) is 0 Å². The Hall–Kier alpha value is -1.39. The summed E-state index contributed by atoms with van der Waals surface area (Å²) in [6, 6.07) is 7.90. The van der Waals surface area contributed by atoms with E-state index >= 15 is 0 Å². The molecule has 0 atom stereocenters. The summed E-state index contributed by atoms with van der Waals surface area (Å²) in [5.74, 6) is 1.85. The van der Waals surface area contributed by atoms with Gasteiger partial charge in [-0.1, -0.05) is 30.7 Å². The summed E-state index contributed by atoms with van der Waals surface area (Å²) in [7, 11) is 2.03. The van der Waals surface area contributed by atoms with E-state index in [4.69, 9.17) is 21.3 Å². The van der Waals surface area contributed by atoms with Crippen molar-refractivity contribution >= 4 is 41.5 Å². The third-order valence-corrected chi connectivity index (χ3v) is 4.47. The zero-order valence-corrected chi connectivity index (χ0v) is 20.6. The molecule has 1 aromatic carbocycles. The molecule has 0 unspecified atom stereocenters. The summed E-state index contributed by atoms with van der Waals surface area (Å²) < 4.78 is 7.47. The van der Waals surface area contributed by atoms with Crippen LogP contribution in [0, 0.1) is 0 Å². The van der Waals surface area contributed by atoms with Crippen LogP contribution < -0.4 is 5.32 Å². The van der Waals surface area contributed by atoms with Gasteiger partial charge in [0.15, 0.2) is 5.96 Å². The van der Waals surface area contributed by atoms with Crippen LogP contribution in [0.4, 0.5) is 0 Å². The van der Waals surface area contributed by atoms with Crippen molar-refractivity contribution < 1.29 is 4.74 Å². The molecule has 0 amide bonds. The van der Waals surface area contributed by atoms with Gasteiger partial charge in [0.05, 0.1) is 0 Å². The first-order chi connectivity index (χ1) is 13.6. The topological polar surface area (TPSA) is 67.6 Å². The van der Waals surface area contributed by atoms with Gasteiger partial charge in [0.1, 0.15) is 12.2 Å². The first-order valence-corrected chi connectivity index (χ1v) is 10.2. The van der Waals surface area contributed by atoms with Crippen molar-refractivity contribution in [3.8, 4) is 0 Å². The number of guanidine groups is 1. The Morgan fingerprint density at radius 3 is 2.90 bits per heavy atom. The summed E-state index contributed by atoms with van der Waals surface area (Å²) in [4.78, 5) is 6.86. The summed E-state index contributed by atoms with van der Waals surface area (Å²) >= 11 is 6.12. The third-order valence-electron chi connectivity index (χ3n) is 4.23. The number of aromatic nitrogens is 3. The molecule has 29 heavy (non-hydrogen) atoms. The number of nitrogens with one attached hydrogen (secondary N) is 1. The molecule has 2 rings (SSSR count). The maximum absolute atomic E-state index is 6.12. The molecule has 7 nitrogen and oxygen atoms in total. The molecule has 1 heterocycles. The van der Waals surface area contributed by atoms with Crippen LogP contribution in [0.3, 0.4) is 0 Å². The monoisotopic (exact) mass is 534 g/mol. The normalized spacial score (nSPS) is 11.2. The van der Waals surface area contributed by atoms with Crippen molar-refractivity contribution in [3.05, 3.63) is 47.0 Å². The number of halogens is 2. The molecule has 0 radical (unpaired) electrons. The van der Waals surface area contributed by atoms with E-state index in [1.54, 1.807) is 6.33 Å². The van der Waals surface area contributed by atoms with Crippen molar-refractivity contribution in [2.75, 3.05) is 33.4 Å². The Labute approximate surface area is 195 Å². The number of nitrogens with zero attached hydrogens (tertiary/aromatic N) is 5. The number of hydrogen-bond acceptors (Lipinski definition) is 4. The highest BCUT2D eigenvalue weighted by atomic mass is 127. The van der Waals surface area contributed by atoms with Crippen LogP contribution in [-0.4, -0.2) is 59.0 Å². The highest BCUT2D eigenvalue weighted by Crippen LogP contribution is 2.12. The predicted octanol–water partition coefficient (Wildman–Crippen LogP) is 3.62. The van der Waals surface area contributed by atoms with Crippen LogP contribution in [0.15, 0.2) is 35.6 Å². The van der Waals surface area contributed by atoms with Crippen molar-refractivity contribution in [2.45, 2.75) is 39.8 Å². The lowest BCUT2D eigenvalue weighted by Crippen LogP contribution is -2.40. The van der Waals surface area contributed by atoms with E-state index < -0.39 is 0 Å². The Morgan fingerprint density at radius 1 is 1.34 bits per heavy atom. The van der Waals surface area contributed by atoms with E-state index in [-0.39, 0.29) is 24.0 Å². The number of benzene rings is 1. The van der Waals surface area contributed by atoms with Gasteiger partial charge in [-0.2, -0.15) is 0 Å². The second kappa shape index (κ2) is 14.6. The average Bonchev–Trinajstić information content (AvgIpc) is 3.14. The van der Waals surface area contributed by atoms with Gasteiger partial charge >= 0.3 is 0 Å². The van der Waals surface area contributed by atoms with Crippen LogP contribution >= 0.6 is 35.6 Å². The lowest BCUT2D eigenvalue weighted by molar-refractivity contribution is 0.146. The molecule has 0 saturated carbocycles. The number of hydrogen-bond donors (Lipinski definition) is 1. The highest BCUT2D eigenvalue weighted by Gasteiger charge is 2.08. The van der Waals surface area contributed by atoms with Crippen molar-refractivity contribution in [3.63, 3.8) is 0 Å². The fourth-order valence-corrected chi connectivity index (χ4v) is 3.03. The Kier molecular flexibility index (Phi) is 12.9. The molecule has 0 saturated heterocycles. The molecule has 0 spiro atoms. The second-order valence-electron chi connectivity index (χ2n) is 6.46. The number of aliphatic imine (C=N–C) groups is 1. The summed E-state index contributed by atoms with van der Waals surface area (Å²) in [6.45, 7) is 8.53. The maximum atomic E-state index is 6.12. The first-order valence-electron chi connectivity index (χ1n) is 9.82. The van der Waals surface area contributed by atoms with Gasteiger partial charge in [-0.3, -0.25) is 4.99 Å². The van der Waals surface area contributed by atoms with E-state index in [0.717, 1.165) is 74.6 Å². The van der Waals surface area contributed by atoms with E-state index in [1.165, 1.54) is 0 Å². The van der Waals surface area contributed by atoms with Gasteiger partial charge in [0, 0.05) is 57.9 Å². The minimum absolute atomic E-state index is 0. The van der Waals surface area contributed by atoms with E-state index in [2.05, 4.69) is 38.0 Å². The van der Waals surface area contributed by atoms with Gasteiger partial charge in [-0.15, -0.1) is 34.2 Å². The largest absolute Gasteiger partial charge is 0.382 e. The molecule has 0 bridgehead atoms. The molecule has 0 fully saturated rings. The Morgan fingerprint density at radius 2 is 2.17 bits per heavy atom. The van der Waals surface area contributed by atoms with Crippen molar-refractivity contribution in [1.82, 2.24) is 25.0 Å². The van der Waals surface area contributed by atoms with Crippen LogP contribution in [0.1, 0.15) is 31.7 Å². The van der Waals surface area contributed by atoms with Crippen molar-refractivity contribution in [1.29, 1.82) is 0 Å². The Bertz CT molecular complexity index is 739. The molecule has 0 aliphatic heterocycles. The highest BCUT2D eigenvalue weighted by molar-refractivity contribution is 14.0. The minimum atomic E-state index is 0. The fourth-order valence-electron chi connectivity index (χ4n) is 2.82. The molecule has 9 heteroatoms. The van der Waals surface area contributed by atoms with Gasteiger partial charge in [0.2, 0.25) is 0 Å². The maximum Gasteiger partial charge on any atom is 0.194 e.